The van der Waals surface area contributed by atoms with Gasteiger partial charge in [0.15, 0.2) is 0 Å². The standard InChI is InChI=1S/C20H18N4O6/c25-17(10-13-4-2-1-3-5-13)21-8-9-22-18(26)12-23-19(27)15-7-6-14(24(29)30)11-16(15)20(23)28/h1-7,11H,8-10,12H2,(H,21,25)(H,22,26). The van der Waals surface area contributed by atoms with Crippen molar-refractivity contribution in [3.05, 3.63) is 75.3 Å². The Kier molecular flexibility index (Phi) is 6.16. The first-order valence-corrected chi connectivity index (χ1v) is 9.09. The zero-order valence-electron chi connectivity index (χ0n) is 15.8. The summed E-state index contributed by atoms with van der Waals surface area (Å²) in [6.07, 6.45) is 0.218. The van der Waals surface area contributed by atoms with Crippen LogP contribution in [0.2, 0.25) is 0 Å². The van der Waals surface area contributed by atoms with E-state index in [1.54, 1.807) is 0 Å². The van der Waals surface area contributed by atoms with E-state index in [2.05, 4.69) is 10.6 Å². The third-order valence-electron chi connectivity index (χ3n) is 4.44. The zero-order chi connectivity index (χ0) is 21.7. The van der Waals surface area contributed by atoms with Crippen LogP contribution in [-0.4, -0.2) is 53.1 Å². The van der Waals surface area contributed by atoms with Gasteiger partial charge in [-0.15, -0.1) is 0 Å². The summed E-state index contributed by atoms with van der Waals surface area (Å²) in [5.74, 6) is -2.23. The van der Waals surface area contributed by atoms with Crippen LogP contribution in [0.25, 0.3) is 0 Å². The fraction of sp³-hybridized carbons (Fsp3) is 0.200. The fourth-order valence-electron chi connectivity index (χ4n) is 2.98. The number of non-ortho nitro benzene ring substituents is 1. The monoisotopic (exact) mass is 410 g/mol. The van der Waals surface area contributed by atoms with Crippen molar-refractivity contribution in [3.8, 4) is 0 Å². The highest BCUT2D eigenvalue weighted by molar-refractivity contribution is 6.22. The molecular formula is C20H18N4O6. The van der Waals surface area contributed by atoms with Gasteiger partial charge in [-0.05, 0) is 11.6 Å². The first kappa shape index (κ1) is 20.6. The van der Waals surface area contributed by atoms with Gasteiger partial charge in [0.1, 0.15) is 6.54 Å². The molecule has 10 nitrogen and oxygen atoms in total. The van der Waals surface area contributed by atoms with Crippen LogP contribution in [-0.2, 0) is 16.0 Å². The summed E-state index contributed by atoms with van der Waals surface area (Å²) in [5, 5.41) is 16.0. The number of hydrogen-bond donors (Lipinski definition) is 2. The second kappa shape index (κ2) is 8.95. The molecule has 2 aromatic carbocycles. The quantitative estimate of drug-likeness (QED) is 0.284. The molecular weight excluding hydrogens is 392 g/mol. The molecule has 2 aromatic rings. The lowest BCUT2D eigenvalue weighted by Gasteiger charge is -2.13. The third-order valence-corrected chi connectivity index (χ3v) is 4.44. The molecule has 0 radical (unpaired) electrons. The van der Waals surface area contributed by atoms with Crippen molar-refractivity contribution >= 4 is 29.3 Å². The van der Waals surface area contributed by atoms with E-state index >= 15 is 0 Å². The van der Waals surface area contributed by atoms with Crippen molar-refractivity contribution in [3.63, 3.8) is 0 Å². The molecule has 1 aliphatic rings. The average Bonchev–Trinajstić information content (AvgIpc) is 2.96. The van der Waals surface area contributed by atoms with Gasteiger partial charge in [0.05, 0.1) is 22.5 Å². The minimum absolute atomic E-state index is 0.0200. The highest BCUT2D eigenvalue weighted by atomic mass is 16.6. The van der Waals surface area contributed by atoms with Gasteiger partial charge < -0.3 is 10.6 Å². The van der Waals surface area contributed by atoms with Crippen LogP contribution in [0.15, 0.2) is 48.5 Å². The predicted octanol–water partition coefficient (Wildman–Crippen LogP) is 0.666. The summed E-state index contributed by atoms with van der Waals surface area (Å²) >= 11 is 0. The van der Waals surface area contributed by atoms with E-state index in [9.17, 15) is 29.3 Å². The number of hydrogen-bond acceptors (Lipinski definition) is 6. The molecule has 1 aliphatic heterocycles. The molecule has 4 amide bonds. The van der Waals surface area contributed by atoms with E-state index in [1.165, 1.54) is 6.07 Å². The lowest BCUT2D eigenvalue weighted by molar-refractivity contribution is -0.384. The van der Waals surface area contributed by atoms with Crippen molar-refractivity contribution < 1.29 is 24.1 Å². The molecule has 154 valence electrons. The highest BCUT2D eigenvalue weighted by Gasteiger charge is 2.37. The number of carbonyl (C=O) groups excluding carboxylic acids is 4. The number of carbonyl (C=O) groups is 4. The van der Waals surface area contributed by atoms with Gasteiger partial charge in [-0.25, -0.2) is 0 Å². The van der Waals surface area contributed by atoms with Gasteiger partial charge in [0.25, 0.3) is 17.5 Å². The summed E-state index contributed by atoms with van der Waals surface area (Å²) in [5.41, 5.74) is 0.471. The van der Waals surface area contributed by atoms with Gasteiger partial charge in [0, 0.05) is 25.2 Å². The number of nitrogens with zero attached hydrogens (tertiary/aromatic N) is 2. The Hall–Kier alpha value is -4.08. The molecule has 0 saturated carbocycles. The summed E-state index contributed by atoms with van der Waals surface area (Å²) in [4.78, 5) is 59.5. The topological polar surface area (TPSA) is 139 Å². The van der Waals surface area contributed by atoms with Crippen molar-refractivity contribution in [2.75, 3.05) is 19.6 Å². The van der Waals surface area contributed by atoms with E-state index in [-0.39, 0.29) is 42.2 Å². The van der Waals surface area contributed by atoms with Gasteiger partial charge in [-0.3, -0.25) is 34.2 Å². The molecule has 2 N–H and O–H groups in total. The predicted molar refractivity (Wildman–Crippen MR) is 105 cm³/mol. The van der Waals surface area contributed by atoms with E-state index in [1.807, 2.05) is 30.3 Å². The lowest BCUT2D eigenvalue weighted by Crippen LogP contribution is -2.42. The smallest absolute Gasteiger partial charge is 0.270 e. The number of amides is 4. The summed E-state index contributed by atoms with van der Waals surface area (Å²) in [7, 11) is 0. The molecule has 1 heterocycles. The number of imide groups is 1. The Bertz CT molecular complexity index is 1020. The number of rotatable bonds is 8. The van der Waals surface area contributed by atoms with E-state index in [0.29, 0.717) is 0 Å². The number of nitro groups is 1. The molecule has 3 rings (SSSR count). The Morgan fingerprint density at radius 2 is 1.53 bits per heavy atom. The summed E-state index contributed by atoms with van der Waals surface area (Å²) in [6.45, 7) is -0.210. The average molecular weight is 410 g/mol. The molecule has 0 aromatic heterocycles. The molecule has 30 heavy (non-hydrogen) atoms. The van der Waals surface area contributed by atoms with Crippen LogP contribution in [0.1, 0.15) is 26.3 Å². The Balaban J connectivity index is 1.46. The van der Waals surface area contributed by atoms with Crippen molar-refractivity contribution in [2.45, 2.75) is 6.42 Å². The van der Waals surface area contributed by atoms with Gasteiger partial charge >= 0.3 is 0 Å². The number of nitrogens with one attached hydrogen (secondary N) is 2. The Labute approximate surface area is 171 Å². The molecule has 0 spiro atoms. The minimum atomic E-state index is -0.759. The first-order valence-electron chi connectivity index (χ1n) is 9.09. The normalized spacial score (nSPS) is 12.5. The van der Waals surface area contributed by atoms with Crippen molar-refractivity contribution in [2.24, 2.45) is 0 Å². The van der Waals surface area contributed by atoms with Gasteiger partial charge in [-0.2, -0.15) is 0 Å². The van der Waals surface area contributed by atoms with Crippen molar-refractivity contribution in [1.82, 2.24) is 15.5 Å². The Morgan fingerprint density at radius 3 is 2.20 bits per heavy atom. The number of fused-ring (bicyclic) bond motifs is 1. The fourth-order valence-corrected chi connectivity index (χ4v) is 2.98. The Morgan fingerprint density at radius 1 is 0.900 bits per heavy atom. The maximum Gasteiger partial charge on any atom is 0.270 e. The largest absolute Gasteiger partial charge is 0.354 e. The first-order chi connectivity index (χ1) is 14.4. The molecule has 0 bridgehead atoms. The number of benzene rings is 2. The zero-order valence-corrected chi connectivity index (χ0v) is 15.8. The molecule has 0 atom stereocenters. The molecule has 0 fully saturated rings. The maximum absolute atomic E-state index is 12.4. The van der Waals surface area contributed by atoms with Crippen LogP contribution in [0.4, 0.5) is 5.69 Å². The molecule has 10 heteroatoms. The van der Waals surface area contributed by atoms with Crippen molar-refractivity contribution in [1.29, 1.82) is 0 Å². The van der Waals surface area contributed by atoms with Gasteiger partial charge in [0.2, 0.25) is 11.8 Å². The SMILES string of the molecule is O=C(Cc1ccccc1)NCCNC(=O)CN1C(=O)c2ccc([N+](=O)[O-])cc2C1=O. The van der Waals surface area contributed by atoms with Crippen LogP contribution >= 0.6 is 0 Å². The van der Waals surface area contributed by atoms with E-state index < -0.39 is 29.2 Å². The van der Waals surface area contributed by atoms with Crippen LogP contribution in [0.5, 0.6) is 0 Å². The lowest BCUT2D eigenvalue weighted by atomic mass is 10.1. The minimum Gasteiger partial charge on any atom is -0.354 e. The van der Waals surface area contributed by atoms with E-state index in [4.69, 9.17) is 0 Å². The van der Waals surface area contributed by atoms with Gasteiger partial charge in [-0.1, -0.05) is 30.3 Å². The molecule has 0 unspecified atom stereocenters. The summed E-state index contributed by atoms with van der Waals surface area (Å²) < 4.78 is 0. The van der Waals surface area contributed by atoms with E-state index in [0.717, 1.165) is 22.6 Å². The van der Waals surface area contributed by atoms with Crippen LogP contribution < -0.4 is 10.6 Å². The van der Waals surface area contributed by atoms with Crippen LogP contribution in [0.3, 0.4) is 0 Å². The molecule has 0 aliphatic carbocycles. The second-order valence-electron chi connectivity index (χ2n) is 6.55. The summed E-state index contributed by atoms with van der Waals surface area (Å²) in [6, 6.07) is 12.5. The third kappa shape index (κ3) is 4.66. The highest BCUT2D eigenvalue weighted by Crippen LogP contribution is 2.26. The number of nitro benzene ring substituents is 1. The van der Waals surface area contributed by atoms with Crippen LogP contribution in [0, 0.1) is 10.1 Å². The molecule has 0 saturated heterocycles. The second-order valence-corrected chi connectivity index (χ2v) is 6.55. The maximum atomic E-state index is 12.4.